The van der Waals surface area contributed by atoms with Gasteiger partial charge in [-0.15, -0.1) is 0 Å². The Morgan fingerprint density at radius 1 is 0.941 bits per heavy atom. The monoisotopic (exact) mass is 459 g/mol. The maximum atomic E-state index is 13.4. The number of hydrogen-bond acceptors (Lipinski definition) is 5. The fraction of sp³-hybridized carbons (Fsp3) is 0.192. The molecule has 1 aliphatic rings. The summed E-state index contributed by atoms with van der Waals surface area (Å²) in [6, 6.07) is 22.3. The number of benzene rings is 3. The molecule has 0 spiro atoms. The third kappa shape index (κ3) is 5.17. The molecule has 4 rings (SSSR count). The Bertz CT molecular complexity index is 1180. The molecular formula is C26H25N3O5. The smallest absolute Gasteiger partial charge is 0.411 e. The van der Waals surface area contributed by atoms with Gasteiger partial charge in [0.25, 0.3) is 5.91 Å². The van der Waals surface area contributed by atoms with E-state index in [0.717, 1.165) is 5.56 Å². The van der Waals surface area contributed by atoms with Crippen molar-refractivity contribution in [1.82, 2.24) is 4.90 Å². The highest BCUT2D eigenvalue weighted by atomic mass is 16.6. The summed E-state index contributed by atoms with van der Waals surface area (Å²) in [6.07, 6.45) is -1.42. The fourth-order valence-electron chi connectivity index (χ4n) is 3.87. The van der Waals surface area contributed by atoms with Crippen LogP contribution in [-0.4, -0.2) is 36.0 Å². The van der Waals surface area contributed by atoms with Crippen LogP contribution in [0.4, 0.5) is 16.2 Å². The van der Waals surface area contributed by atoms with E-state index in [2.05, 4.69) is 10.6 Å². The van der Waals surface area contributed by atoms with Gasteiger partial charge in [-0.25, -0.2) is 4.79 Å². The van der Waals surface area contributed by atoms with E-state index in [1.807, 2.05) is 42.5 Å². The molecule has 0 aromatic heterocycles. The average Bonchev–Trinajstić information content (AvgIpc) is 3.16. The number of nitrogens with zero attached hydrogens (tertiary/aromatic N) is 1. The standard InChI is InChI=1S/C26H25N3O5/c1-17(30)27-21-13-11-19(12-14-21)24-23(25(31)28-20-8-4-3-5-9-20)29(26(32)34-24)16-18-7-6-10-22(15-18)33-2/h3-15,23-24H,16H2,1-2H3,(H,27,30)(H,28,31)/t23-,24-/m1/s1. The van der Waals surface area contributed by atoms with Crippen LogP contribution in [0.15, 0.2) is 78.9 Å². The van der Waals surface area contributed by atoms with E-state index in [-0.39, 0.29) is 18.4 Å². The van der Waals surface area contributed by atoms with Crippen LogP contribution in [0.25, 0.3) is 0 Å². The van der Waals surface area contributed by atoms with Crippen LogP contribution in [0.1, 0.15) is 24.2 Å². The highest BCUT2D eigenvalue weighted by Gasteiger charge is 2.47. The van der Waals surface area contributed by atoms with Crippen LogP contribution < -0.4 is 15.4 Å². The Morgan fingerprint density at radius 3 is 2.32 bits per heavy atom. The van der Waals surface area contributed by atoms with Gasteiger partial charge in [0.15, 0.2) is 12.1 Å². The molecule has 0 saturated carbocycles. The highest BCUT2D eigenvalue weighted by Crippen LogP contribution is 2.35. The number of methoxy groups -OCH3 is 1. The maximum Gasteiger partial charge on any atom is 0.411 e. The number of para-hydroxylation sites is 1. The van der Waals surface area contributed by atoms with E-state index in [1.54, 1.807) is 43.5 Å². The Hall–Kier alpha value is -4.33. The summed E-state index contributed by atoms with van der Waals surface area (Å²) in [6.45, 7) is 1.59. The van der Waals surface area contributed by atoms with Gasteiger partial charge in [-0.05, 0) is 47.5 Å². The van der Waals surface area contributed by atoms with E-state index >= 15 is 0 Å². The Labute approximate surface area is 197 Å². The summed E-state index contributed by atoms with van der Waals surface area (Å²) >= 11 is 0. The first-order valence-electron chi connectivity index (χ1n) is 10.8. The van der Waals surface area contributed by atoms with E-state index in [0.29, 0.717) is 22.7 Å². The summed E-state index contributed by atoms with van der Waals surface area (Å²) in [5, 5.41) is 5.59. The normalized spacial score (nSPS) is 17.1. The number of hydrogen-bond donors (Lipinski definition) is 2. The van der Waals surface area contributed by atoms with Gasteiger partial charge >= 0.3 is 6.09 Å². The second-order valence-corrected chi connectivity index (χ2v) is 7.89. The minimum atomic E-state index is -0.912. The second kappa shape index (κ2) is 10.1. The third-order valence-electron chi connectivity index (χ3n) is 5.44. The Balaban J connectivity index is 1.64. The van der Waals surface area contributed by atoms with Crippen LogP contribution in [0.2, 0.25) is 0 Å². The molecule has 1 fully saturated rings. The fourth-order valence-corrected chi connectivity index (χ4v) is 3.87. The average molecular weight is 460 g/mol. The van der Waals surface area contributed by atoms with Crippen molar-refractivity contribution in [1.29, 1.82) is 0 Å². The number of carbonyl (C=O) groups is 3. The number of rotatable bonds is 7. The molecule has 2 N–H and O–H groups in total. The van der Waals surface area contributed by atoms with Gasteiger partial charge in [0, 0.05) is 18.3 Å². The minimum absolute atomic E-state index is 0.170. The van der Waals surface area contributed by atoms with Crippen LogP contribution in [0.5, 0.6) is 5.75 Å². The second-order valence-electron chi connectivity index (χ2n) is 7.89. The molecule has 1 saturated heterocycles. The summed E-state index contributed by atoms with van der Waals surface area (Å²) in [5.41, 5.74) is 2.67. The SMILES string of the molecule is COc1cccc(CN2C(=O)O[C@H](c3ccc(NC(C)=O)cc3)[C@@H]2C(=O)Nc2ccccc2)c1. The van der Waals surface area contributed by atoms with Crippen molar-refractivity contribution in [2.75, 3.05) is 17.7 Å². The Morgan fingerprint density at radius 2 is 1.65 bits per heavy atom. The van der Waals surface area contributed by atoms with Crippen LogP contribution >= 0.6 is 0 Å². The van der Waals surface area contributed by atoms with Crippen molar-refractivity contribution in [3.8, 4) is 5.75 Å². The van der Waals surface area contributed by atoms with Gasteiger partial charge in [-0.1, -0.05) is 42.5 Å². The predicted molar refractivity (Wildman–Crippen MR) is 127 cm³/mol. The lowest BCUT2D eigenvalue weighted by atomic mass is 10.00. The molecule has 8 heteroatoms. The molecular weight excluding hydrogens is 434 g/mol. The zero-order chi connectivity index (χ0) is 24.1. The number of cyclic esters (lactones) is 1. The molecule has 34 heavy (non-hydrogen) atoms. The van der Waals surface area contributed by atoms with Crippen molar-refractivity contribution in [3.05, 3.63) is 90.0 Å². The van der Waals surface area contributed by atoms with Crippen molar-refractivity contribution < 1.29 is 23.9 Å². The highest BCUT2D eigenvalue weighted by molar-refractivity contribution is 5.98. The van der Waals surface area contributed by atoms with Gasteiger partial charge in [0.1, 0.15) is 5.75 Å². The third-order valence-corrected chi connectivity index (χ3v) is 5.44. The molecule has 0 bridgehead atoms. The summed E-state index contributed by atoms with van der Waals surface area (Å²) in [5.74, 6) is 0.0981. The molecule has 0 aliphatic carbocycles. The van der Waals surface area contributed by atoms with E-state index < -0.39 is 18.2 Å². The number of nitrogens with one attached hydrogen (secondary N) is 2. The molecule has 2 atom stereocenters. The van der Waals surface area contributed by atoms with Crippen molar-refractivity contribution in [3.63, 3.8) is 0 Å². The Kier molecular flexibility index (Phi) is 6.77. The van der Waals surface area contributed by atoms with Gasteiger partial charge in [-0.2, -0.15) is 0 Å². The lowest BCUT2D eigenvalue weighted by Gasteiger charge is -2.24. The number of ether oxygens (including phenoxy) is 2. The topological polar surface area (TPSA) is 97.0 Å². The maximum absolute atomic E-state index is 13.4. The quantitative estimate of drug-likeness (QED) is 0.547. The minimum Gasteiger partial charge on any atom is -0.497 e. The molecule has 0 unspecified atom stereocenters. The predicted octanol–water partition coefficient (Wildman–Crippen LogP) is 4.35. The van der Waals surface area contributed by atoms with Gasteiger partial charge in [0.05, 0.1) is 13.7 Å². The van der Waals surface area contributed by atoms with Gasteiger partial charge in [0.2, 0.25) is 5.91 Å². The lowest BCUT2D eigenvalue weighted by molar-refractivity contribution is -0.121. The van der Waals surface area contributed by atoms with Crippen molar-refractivity contribution >= 4 is 29.3 Å². The van der Waals surface area contributed by atoms with Gasteiger partial charge < -0.3 is 20.1 Å². The summed E-state index contributed by atoms with van der Waals surface area (Å²) in [7, 11) is 1.57. The molecule has 1 heterocycles. The molecule has 3 aromatic rings. The number of carbonyl (C=O) groups excluding carboxylic acids is 3. The summed E-state index contributed by atoms with van der Waals surface area (Å²) in [4.78, 5) is 39.1. The van der Waals surface area contributed by atoms with Crippen molar-refractivity contribution in [2.24, 2.45) is 0 Å². The number of anilines is 2. The first-order valence-corrected chi connectivity index (χ1v) is 10.8. The van der Waals surface area contributed by atoms with Crippen LogP contribution in [0.3, 0.4) is 0 Å². The molecule has 0 radical (unpaired) electrons. The largest absolute Gasteiger partial charge is 0.497 e. The molecule has 8 nitrogen and oxygen atoms in total. The lowest BCUT2D eigenvalue weighted by Crippen LogP contribution is -2.43. The zero-order valence-electron chi connectivity index (χ0n) is 18.9. The van der Waals surface area contributed by atoms with Crippen LogP contribution in [0, 0.1) is 0 Å². The van der Waals surface area contributed by atoms with E-state index in [9.17, 15) is 14.4 Å². The first-order chi connectivity index (χ1) is 16.4. The van der Waals surface area contributed by atoms with Crippen molar-refractivity contribution in [2.45, 2.75) is 25.6 Å². The summed E-state index contributed by atoms with van der Waals surface area (Å²) < 4.78 is 11.0. The van der Waals surface area contributed by atoms with Crippen LogP contribution in [-0.2, 0) is 20.9 Å². The molecule has 174 valence electrons. The zero-order valence-corrected chi connectivity index (χ0v) is 18.9. The van der Waals surface area contributed by atoms with Gasteiger partial charge in [-0.3, -0.25) is 14.5 Å². The van der Waals surface area contributed by atoms with E-state index in [4.69, 9.17) is 9.47 Å². The first kappa shape index (κ1) is 22.8. The van der Waals surface area contributed by atoms with E-state index in [1.165, 1.54) is 11.8 Å². The molecule has 1 aliphatic heterocycles. The molecule has 3 aromatic carbocycles. The molecule has 3 amide bonds. The number of amides is 3.